The Kier molecular flexibility index (Phi) is 38.1. The third-order valence-corrected chi connectivity index (χ3v) is 13.4. The van der Waals surface area contributed by atoms with Gasteiger partial charge in [0.25, 0.3) is 0 Å². The predicted molar refractivity (Wildman–Crippen MR) is 340 cm³/mol. The molecule has 0 atom stereocenters. The Morgan fingerprint density at radius 2 is 0.705 bits per heavy atom. The molecule has 0 spiro atoms. The summed E-state index contributed by atoms with van der Waals surface area (Å²) in [5.74, 6) is 0. The molecule has 8 N–H and O–H groups in total. The van der Waals surface area contributed by atoms with Gasteiger partial charge in [0, 0.05) is 162 Å². The third kappa shape index (κ3) is 24.1. The van der Waals surface area contributed by atoms with E-state index in [4.69, 9.17) is 22.9 Å². The van der Waals surface area contributed by atoms with Crippen LogP contribution in [0.25, 0.3) is 66.7 Å². The van der Waals surface area contributed by atoms with Crippen molar-refractivity contribution in [1.29, 1.82) is 0 Å². The van der Waals surface area contributed by atoms with Crippen molar-refractivity contribution in [3.8, 4) is 45.0 Å². The van der Waals surface area contributed by atoms with Crippen LogP contribution in [0.4, 0.5) is 4.39 Å². The summed E-state index contributed by atoms with van der Waals surface area (Å²) in [5.41, 5.74) is 41.6. The van der Waals surface area contributed by atoms with Crippen molar-refractivity contribution in [3.05, 3.63) is 269 Å². The van der Waals surface area contributed by atoms with E-state index in [1.165, 1.54) is 11.1 Å². The van der Waals surface area contributed by atoms with Gasteiger partial charge in [0.2, 0.25) is 0 Å². The molecule has 469 valence electrons. The van der Waals surface area contributed by atoms with Crippen molar-refractivity contribution in [1.82, 2.24) is 24.9 Å². The first-order chi connectivity index (χ1) is 40.6. The molecule has 6 aromatic carbocycles. The van der Waals surface area contributed by atoms with Crippen LogP contribution in [0.1, 0.15) is 90.4 Å². The van der Waals surface area contributed by atoms with E-state index in [0.717, 1.165) is 144 Å². The normalized spacial score (nSPS) is 9.98. The molecule has 15 heteroatoms. The molecule has 0 aliphatic heterocycles. The van der Waals surface area contributed by atoms with E-state index in [-0.39, 0.29) is 107 Å². The van der Waals surface area contributed by atoms with Crippen LogP contribution in [0.3, 0.4) is 0 Å². The first kappa shape index (κ1) is 78.7. The Bertz CT molecular complexity index is 3540. The zero-order valence-electron chi connectivity index (χ0n) is 50.2. The Balaban J connectivity index is 0.000000370. The van der Waals surface area contributed by atoms with Crippen molar-refractivity contribution in [3.63, 3.8) is 0 Å². The van der Waals surface area contributed by atoms with Gasteiger partial charge in [-0.05, 0) is 96.6 Å². The van der Waals surface area contributed by atoms with Crippen molar-refractivity contribution < 1.29 is 105 Å². The molecule has 5 radical (unpaired) electrons. The molecule has 0 saturated heterocycles. The van der Waals surface area contributed by atoms with Gasteiger partial charge in [-0.3, -0.25) is 9.37 Å². The number of rotatable bonds is 15. The molecule has 0 amide bonds. The summed E-state index contributed by atoms with van der Waals surface area (Å²) in [5, 5.41) is 3.37. The van der Waals surface area contributed by atoms with Gasteiger partial charge < -0.3 is 42.9 Å². The quantitative estimate of drug-likeness (QED) is 0.0577. The second-order valence-electron chi connectivity index (χ2n) is 19.5. The Labute approximate surface area is 588 Å². The van der Waals surface area contributed by atoms with Crippen LogP contribution in [-0.2, 0) is 159 Å². The van der Waals surface area contributed by atoms with Gasteiger partial charge in [-0.1, -0.05) is 101 Å². The second kappa shape index (κ2) is 42.6. The molecule has 11 rings (SSSR count). The first-order valence-electron chi connectivity index (χ1n) is 28.6. The molecule has 0 fully saturated rings. The van der Waals surface area contributed by atoms with Gasteiger partial charge in [0.05, 0.1) is 6.67 Å². The average molecular weight is 2060 g/mol. The molecule has 88 heavy (non-hydrogen) atoms. The van der Waals surface area contributed by atoms with Gasteiger partial charge in [-0.2, -0.15) is 0 Å². The van der Waals surface area contributed by atoms with Crippen LogP contribution in [-0.4, -0.2) is 31.6 Å². The number of nitrogens with two attached hydrogens (primary N) is 4. The monoisotopic (exact) mass is 2060 g/mol. The Morgan fingerprint density at radius 3 is 1.14 bits per heavy atom. The molecule has 11 aromatic rings. The van der Waals surface area contributed by atoms with E-state index in [9.17, 15) is 4.39 Å². The predicted octanol–water partition coefficient (Wildman–Crippen LogP) is 14.7. The smallest absolute Gasteiger partial charge is 0.0949 e. The van der Waals surface area contributed by atoms with E-state index in [2.05, 4.69) is 156 Å². The number of hydrogen-bond acceptors (Lipinski definition) is 9. The summed E-state index contributed by atoms with van der Waals surface area (Å²) in [7, 11) is 0. The molecule has 0 saturated carbocycles. The average Bonchev–Trinajstić information content (AvgIpc) is 1.38. The number of pyridine rings is 5. The Hall–Kier alpha value is -5.39. The van der Waals surface area contributed by atoms with Crippen LogP contribution >= 0.6 is 0 Å². The molecular weight excluding hydrogens is 1980 g/mol. The zero-order chi connectivity index (χ0) is 58.8. The number of halogens is 1. The van der Waals surface area contributed by atoms with Crippen LogP contribution in [0.5, 0.6) is 0 Å². The number of aryl methyl sites for hydroxylation is 6. The maximum atomic E-state index is 12.3. The second-order valence-corrected chi connectivity index (χ2v) is 19.5. The summed E-state index contributed by atoms with van der Waals surface area (Å²) in [4.78, 5) is 22.7. The minimum Gasteiger partial charge on any atom is -0.328 e. The topological polar surface area (TPSA) is 169 Å². The summed E-state index contributed by atoms with van der Waals surface area (Å²) in [6.45, 7) is 12.1. The van der Waals surface area contributed by atoms with Crippen molar-refractivity contribution in [2.45, 2.75) is 99.3 Å². The van der Waals surface area contributed by atoms with E-state index < -0.39 is 0 Å². The molecule has 5 heterocycles. The first-order valence-corrected chi connectivity index (χ1v) is 28.6. The van der Waals surface area contributed by atoms with Gasteiger partial charge in [-0.15, -0.1) is 176 Å². The minimum absolute atomic E-state index is 0. The molecule has 5 aromatic heterocycles. The van der Waals surface area contributed by atoms with Gasteiger partial charge >= 0.3 is 0 Å². The third-order valence-electron chi connectivity index (χ3n) is 13.4. The number of nitrogens with zero attached hydrogens (tertiary/aromatic N) is 5. The summed E-state index contributed by atoms with van der Waals surface area (Å²) in [6, 6.07) is 77.1. The van der Waals surface area contributed by atoms with Crippen LogP contribution < -0.4 is 22.9 Å². The maximum absolute atomic E-state index is 12.3. The number of hydrogen-bond donors (Lipinski definition) is 4. The molecule has 0 bridgehead atoms. The van der Waals surface area contributed by atoms with Crippen LogP contribution in [0.2, 0.25) is 0 Å². The number of alkyl halides is 1. The maximum Gasteiger partial charge on any atom is 0.0949 e. The SMILES string of the molecule is CCCc1cccc(-c2[c-]c(CN)ccc2)n1.CCc1[c-]c(-c2cccc(CC)n2)ccc1.CCc1[c-]c(-c2cccc(CN)n2)ccc1.Cc1ccc2ccc3ccc(CN)[c-]c3c2n1.NCc1[c-]c(-c2cccc(CCF)n2)ccc1.[Ir].[Ir].[Ir].[Ir].[Ir]. The van der Waals surface area contributed by atoms with Crippen LogP contribution in [0.15, 0.2) is 182 Å². The number of aromatic nitrogens is 5. The fourth-order valence-electron chi connectivity index (χ4n) is 8.86. The molecule has 0 unspecified atom stereocenters. The van der Waals surface area contributed by atoms with Gasteiger partial charge in [0.1, 0.15) is 0 Å². The number of benzene rings is 6. The van der Waals surface area contributed by atoms with Gasteiger partial charge in [0.15, 0.2) is 0 Å². The van der Waals surface area contributed by atoms with Crippen LogP contribution in [0, 0.1) is 37.3 Å². The van der Waals surface area contributed by atoms with Crippen molar-refractivity contribution in [2.24, 2.45) is 22.9 Å². The van der Waals surface area contributed by atoms with Gasteiger partial charge in [-0.25, -0.2) is 0 Å². The summed E-state index contributed by atoms with van der Waals surface area (Å²) < 4.78 is 12.3. The minimum atomic E-state index is -0.386. The molecule has 9 nitrogen and oxygen atoms in total. The van der Waals surface area contributed by atoms with E-state index >= 15 is 0 Å². The summed E-state index contributed by atoms with van der Waals surface area (Å²) in [6.07, 6.45) is 5.46. The molecule has 0 aliphatic carbocycles. The standard InChI is InChI=1S/C15H13N2.C15H17N2.C15H16N.C14H14FN2.C14H15N2.5Ir/c1-10-2-4-13-7-6-12-5-3-11(9-16)8-14(12)15(13)17-10;1-2-5-14-8-4-9-15(17-14)13-7-3-6-12(10-13)11-16;1-3-12-7-5-8-13(11-12)15-10-6-9-14(4-2)16-15;15-8-7-13-5-2-6-14(17-13)12-4-1-3-11(9-12)10-16;1-2-11-5-3-6-12(9-11)14-8-4-7-13(10-15)16-14;;;;;/h2-7H,9,16H2,1H3;3-4,6-9H,2,5,11,16H2,1H3;5-10H,3-4H2,1-2H3;1-6H,7-8,10,16H2;3-8H,2,10,15H2,1H3;;;;;/q5*-1;;;;;. The summed E-state index contributed by atoms with van der Waals surface area (Å²) >= 11 is 0. The zero-order valence-corrected chi connectivity index (χ0v) is 62.2. The number of fused-ring (bicyclic) bond motifs is 3. The van der Waals surface area contributed by atoms with E-state index in [1.807, 2.05) is 116 Å². The van der Waals surface area contributed by atoms with E-state index in [1.54, 1.807) is 0 Å². The van der Waals surface area contributed by atoms with Crippen molar-refractivity contribution >= 4 is 21.7 Å². The fraction of sp³-hybridized carbons (Fsp3) is 0.219. The molecular formula is C73H75FIr5N9-5. The Morgan fingerprint density at radius 1 is 0.341 bits per heavy atom. The fourth-order valence-corrected chi connectivity index (χ4v) is 8.86. The largest absolute Gasteiger partial charge is 0.328 e. The van der Waals surface area contributed by atoms with Crippen molar-refractivity contribution in [2.75, 3.05) is 6.67 Å². The molecule has 0 aliphatic rings. The van der Waals surface area contributed by atoms with E-state index in [0.29, 0.717) is 32.6 Å².